The summed E-state index contributed by atoms with van der Waals surface area (Å²) in [5, 5.41) is 0. The van der Waals surface area contributed by atoms with Crippen molar-refractivity contribution >= 4 is 5.91 Å². The summed E-state index contributed by atoms with van der Waals surface area (Å²) in [6, 6.07) is 11.5. The van der Waals surface area contributed by atoms with Gasteiger partial charge < -0.3 is 14.4 Å². The first-order valence-corrected chi connectivity index (χ1v) is 7.50. The lowest BCUT2D eigenvalue weighted by molar-refractivity contribution is 0.0785. The van der Waals surface area contributed by atoms with E-state index in [-0.39, 0.29) is 5.91 Å². The summed E-state index contributed by atoms with van der Waals surface area (Å²) >= 11 is 0. The van der Waals surface area contributed by atoms with Crippen LogP contribution in [0, 0.1) is 13.8 Å². The Morgan fingerprint density at radius 3 is 2.26 bits per heavy atom. The minimum Gasteiger partial charge on any atom is -0.493 e. The number of carbonyl (C=O) groups is 1. The predicted octanol–water partition coefficient (Wildman–Crippen LogP) is 3.59. The molecule has 0 saturated heterocycles. The predicted molar refractivity (Wildman–Crippen MR) is 91.3 cm³/mol. The summed E-state index contributed by atoms with van der Waals surface area (Å²) < 4.78 is 10.5. The van der Waals surface area contributed by atoms with Crippen LogP contribution in [-0.4, -0.2) is 32.1 Å². The first-order valence-electron chi connectivity index (χ1n) is 7.50. The van der Waals surface area contributed by atoms with Crippen LogP contribution in [0.5, 0.6) is 11.5 Å². The summed E-state index contributed by atoms with van der Waals surface area (Å²) in [6.07, 6.45) is 0. The fourth-order valence-electron chi connectivity index (χ4n) is 2.42. The molecule has 0 aromatic heterocycles. The number of hydrogen-bond donors (Lipinski definition) is 0. The van der Waals surface area contributed by atoms with Crippen molar-refractivity contribution < 1.29 is 14.3 Å². The standard InChI is InChI=1S/C19H23NO3/c1-13-6-8-16(10-14(13)2)19(21)20(3)12-15-7-9-17(22-4)18(11-15)23-5/h6-11H,12H2,1-5H3. The Hall–Kier alpha value is -2.49. The highest BCUT2D eigenvalue weighted by molar-refractivity contribution is 5.94. The molecule has 2 rings (SSSR count). The average molecular weight is 313 g/mol. The summed E-state index contributed by atoms with van der Waals surface area (Å²) in [7, 11) is 5.01. The van der Waals surface area contributed by atoms with Crippen LogP contribution < -0.4 is 9.47 Å². The number of hydrogen-bond acceptors (Lipinski definition) is 3. The lowest BCUT2D eigenvalue weighted by Gasteiger charge is -2.19. The monoisotopic (exact) mass is 313 g/mol. The zero-order chi connectivity index (χ0) is 17.0. The van der Waals surface area contributed by atoms with Gasteiger partial charge in [0.15, 0.2) is 11.5 Å². The van der Waals surface area contributed by atoms with Crippen LogP contribution in [0.2, 0.25) is 0 Å². The Morgan fingerprint density at radius 2 is 1.65 bits per heavy atom. The zero-order valence-corrected chi connectivity index (χ0v) is 14.3. The second kappa shape index (κ2) is 7.18. The summed E-state index contributed by atoms with van der Waals surface area (Å²) in [5.74, 6) is 1.35. The number of amides is 1. The van der Waals surface area contributed by atoms with Gasteiger partial charge in [0.05, 0.1) is 14.2 Å². The van der Waals surface area contributed by atoms with E-state index < -0.39 is 0 Å². The molecule has 0 fully saturated rings. The molecule has 23 heavy (non-hydrogen) atoms. The first kappa shape index (κ1) is 16.9. The van der Waals surface area contributed by atoms with Gasteiger partial charge >= 0.3 is 0 Å². The van der Waals surface area contributed by atoms with E-state index in [4.69, 9.17) is 9.47 Å². The molecular formula is C19H23NO3. The number of ether oxygens (including phenoxy) is 2. The minimum absolute atomic E-state index is 0.00267. The van der Waals surface area contributed by atoms with Gasteiger partial charge in [0.25, 0.3) is 5.91 Å². The van der Waals surface area contributed by atoms with E-state index in [1.807, 2.05) is 50.2 Å². The van der Waals surface area contributed by atoms with Crippen LogP contribution >= 0.6 is 0 Å². The number of benzene rings is 2. The van der Waals surface area contributed by atoms with Crippen LogP contribution in [0.1, 0.15) is 27.0 Å². The second-order valence-electron chi connectivity index (χ2n) is 5.65. The van der Waals surface area contributed by atoms with Crippen LogP contribution in [0.15, 0.2) is 36.4 Å². The SMILES string of the molecule is COc1ccc(CN(C)C(=O)c2ccc(C)c(C)c2)cc1OC. The highest BCUT2D eigenvalue weighted by atomic mass is 16.5. The molecule has 2 aromatic carbocycles. The highest BCUT2D eigenvalue weighted by Gasteiger charge is 2.14. The third kappa shape index (κ3) is 3.83. The zero-order valence-electron chi connectivity index (χ0n) is 14.3. The van der Waals surface area contributed by atoms with Gasteiger partial charge in [-0.15, -0.1) is 0 Å². The van der Waals surface area contributed by atoms with Crippen molar-refractivity contribution in [1.82, 2.24) is 4.90 Å². The fraction of sp³-hybridized carbons (Fsp3) is 0.316. The Balaban J connectivity index is 2.16. The molecular weight excluding hydrogens is 290 g/mol. The number of rotatable bonds is 5. The van der Waals surface area contributed by atoms with Crippen molar-refractivity contribution in [2.45, 2.75) is 20.4 Å². The molecule has 122 valence electrons. The first-order chi connectivity index (χ1) is 11.0. The van der Waals surface area contributed by atoms with Crippen molar-refractivity contribution in [1.29, 1.82) is 0 Å². The largest absolute Gasteiger partial charge is 0.493 e. The molecule has 4 nitrogen and oxygen atoms in total. The highest BCUT2D eigenvalue weighted by Crippen LogP contribution is 2.28. The smallest absolute Gasteiger partial charge is 0.253 e. The van der Waals surface area contributed by atoms with Crippen molar-refractivity contribution in [3.8, 4) is 11.5 Å². The molecule has 0 aliphatic heterocycles. The minimum atomic E-state index is 0.00267. The molecule has 1 amide bonds. The summed E-state index contributed by atoms with van der Waals surface area (Å²) in [4.78, 5) is 14.3. The van der Waals surface area contributed by atoms with Crippen molar-refractivity contribution in [3.63, 3.8) is 0 Å². The molecule has 0 aliphatic rings. The van der Waals surface area contributed by atoms with E-state index in [1.54, 1.807) is 26.2 Å². The van der Waals surface area contributed by atoms with E-state index in [0.29, 0.717) is 23.6 Å². The van der Waals surface area contributed by atoms with E-state index in [9.17, 15) is 4.79 Å². The van der Waals surface area contributed by atoms with Crippen LogP contribution in [0.4, 0.5) is 0 Å². The van der Waals surface area contributed by atoms with Gasteiger partial charge in [0.1, 0.15) is 0 Å². The maximum atomic E-state index is 12.6. The van der Waals surface area contributed by atoms with Crippen molar-refractivity contribution in [2.24, 2.45) is 0 Å². The summed E-state index contributed by atoms with van der Waals surface area (Å²) in [5.41, 5.74) is 4.00. The molecule has 0 unspecified atom stereocenters. The third-order valence-electron chi connectivity index (χ3n) is 3.97. The second-order valence-corrected chi connectivity index (χ2v) is 5.65. The quantitative estimate of drug-likeness (QED) is 0.846. The van der Waals surface area contributed by atoms with E-state index in [2.05, 4.69) is 0 Å². The fourth-order valence-corrected chi connectivity index (χ4v) is 2.42. The molecule has 0 aliphatic carbocycles. The van der Waals surface area contributed by atoms with Gasteiger partial charge in [0, 0.05) is 19.2 Å². The van der Waals surface area contributed by atoms with Gasteiger partial charge in [-0.1, -0.05) is 12.1 Å². The van der Waals surface area contributed by atoms with Crippen LogP contribution in [0.3, 0.4) is 0 Å². The van der Waals surface area contributed by atoms with Gasteiger partial charge in [-0.2, -0.15) is 0 Å². The molecule has 0 bridgehead atoms. The van der Waals surface area contributed by atoms with Crippen LogP contribution in [0.25, 0.3) is 0 Å². The van der Waals surface area contributed by atoms with Crippen molar-refractivity contribution in [2.75, 3.05) is 21.3 Å². The lowest BCUT2D eigenvalue weighted by Crippen LogP contribution is -2.26. The molecule has 0 saturated carbocycles. The van der Waals surface area contributed by atoms with E-state index in [0.717, 1.165) is 11.1 Å². The number of nitrogens with zero attached hydrogens (tertiary/aromatic N) is 1. The van der Waals surface area contributed by atoms with Gasteiger partial charge in [-0.25, -0.2) is 0 Å². The maximum absolute atomic E-state index is 12.6. The Kier molecular flexibility index (Phi) is 5.27. The number of carbonyl (C=O) groups excluding carboxylic acids is 1. The molecule has 2 aromatic rings. The molecule has 0 spiro atoms. The lowest BCUT2D eigenvalue weighted by atomic mass is 10.1. The molecule has 4 heteroatoms. The van der Waals surface area contributed by atoms with Crippen molar-refractivity contribution in [3.05, 3.63) is 58.7 Å². The average Bonchev–Trinajstić information content (AvgIpc) is 2.56. The maximum Gasteiger partial charge on any atom is 0.253 e. The molecule has 0 heterocycles. The molecule has 0 radical (unpaired) electrons. The Morgan fingerprint density at radius 1 is 0.957 bits per heavy atom. The van der Waals surface area contributed by atoms with E-state index >= 15 is 0 Å². The Labute approximate surface area is 137 Å². The van der Waals surface area contributed by atoms with Crippen LogP contribution in [-0.2, 0) is 6.54 Å². The summed E-state index contributed by atoms with van der Waals surface area (Å²) in [6.45, 7) is 4.56. The molecule has 0 N–H and O–H groups in total. The van der Waals surface area contributed by atoms with E-state index in [1.165, 1.54) is 5.56 Å². The normalized spacial score (nSPS) is 10.3. The Bertz CT molecular complexity index is 710. The van der Waals surface area contributed by atoms with Gasteiger partial charge in [0.2, 0.25) is 0 Å². The topological polar surface area (TPSA) is 38.8 Å². The van der Waals surface area contributed by atoms with Gasteiger partial charge in [-0.05, 0) is 54.8 Å². The third-order valence-corrected chi connectivity index (χ3v) is 3.97. The van der Waals surface area contributed by atoms with Gasteiger partial charge in [-0.3, -0.25) is 4.79 Å². The number of aryl methyl sites for hydroxylation is 2. The number of methoxy groups -OCH3 is 2. The molecule has 0 atom stereocenters.